The van der Waals surface area contributed by atoms with E-state index in [1.807, 2.05) is 11.4 Å². The van der Waals surface area contributed by atoms with Gasteiger partial charge in [0.1, 0.15) is 0 Å². The van der Waals surface area contributed by atoms with Crippen LogP contribution in [0.15, 0.2) is 17.5 Å². The average Bonchev–Trinajstić information content (AvgIpc) is 2.87. The predicted octanol–water partition coefficient (Wildman–Crippen LogP) is 2.67. The van der Waals surface area contributed by atoms with E-state index < -0.39 is 14.5 Å². The second-order valence-corrected chi connectivity index (χ2v) is 8.99. The Morgan fingerprint density at radius 1 is 1.40 bits per heavy atom. The van der Waals surface area contributed by atoms with Gasteiger partial charge in [-0.3, -0.25) is 0 Å². The maximum Gasteiger partial charge on any atom is 0.233 e. The summed E-state index contributed by atoms with van der Waals surface area (Å²) in [5.74, 6) is -0.0378. The molecule has 0 spiro atoms. The van der Waals surface area contributed by atoms with E-state index >= 15 is 0 Å². The molecule has 2 heterocycles. The van der Waals surface area contributed by atoms with Crippen LogP contribution in [0.4, 0.5) is 0 Å². The lowest BCUT2D eigenvalue weighted by atomic mass is 9.83. The van der Waals surface area contributed by atoms with Crippen LogP contribution < -0.4 is 0 Å². The third kappa shape index (κ3) is 5.33. The van der Waals surface area contributed by atoms with Gasteiger partial charge in [-0.25, -0.2) is 8.42 Å². The van der Waals surface area contributed by atoms with Gasteiger partial charge < -0.3 is 9.47 Å². The van der Waals surface area contributed by atoms with Gasteiger partial charge in [0.05, 0.1) is 19.0 Å². The van der Waals surface area contributed by atoms with Crippen LogP contribution in [-0.2, 0) is 24.9 Å². The molecule has 1 aromatic rings. The fraction of sp³-hybridized carbons (Fsp3) is 0.692. The van der Waals surface area contributed by atoms with E-state index in [1.165, 1.54) is 4.88 Å². The van der Waals surface area contributed by atoms with Crippen molar-refractivity contribution in [1.29, 1.82) is 0 Å². The van der Waals surface area contributed by atoms with Gasteiger partial charge in [0.2, 0.25) is 9.05 Å². The summed E-state index contributed by atoms with van der Waals surface area (Å²) in [6, 6.07) is 4.08. The van der Waals surface area contributed by atoms with E-state index in [4.69, 9.17) is 20.2 Å². The van der Waals surface area contributed by atoms with Crippen molar-refractivity contribution in [3.63, 3.8) is 0 Å². The molecule has 4 nitrogen and oxygen atoms in total. The van der Waals surface area contributed by atoms with Crippen LogP contribution in [0.3, 0.4) is 0 Å². The fourth-order valence-electron chi connectivity index (χ4n) is 2.42. The van der Waals surface area contributed by atoms with Crippen molar-refractivity contribution in [2.24, 2.45) is 5.41 Å². The Morgan fingerprint density at radius 2 is 2.15 bits per heavy atom. The molecule has 7 heteroatoms. The zero-order chi connectivity index (χ0) is 14.5. The average molecular weight is 339 g/mol. The highest BCUT2D eigenvalue weighted by Gasteiger charge is 2.37. The van der Waals surface area contributed by atoms with E-state index in [0.717, 1.165) is 6.42 Å². The van der Waals surface area contributed by atoms with E-state index in [0.29, 0.717) is 39.3 Å². The standard InChI is InChI=1S/C13H19ClO4S2/c14-20(15,16)11-13(4-7-17-8-5-13)10-18-6-3-12-2-1-9-19-12/h1-2,9H,3-8,10-11H2. The maximum atomic E-state index is 11.4. The SMILES string of the molecule is O=S(=O)(Cl)CC1(COCCc2cccs2)CCOCC1. The van der Waals surface area contributed by atoms with Crippen LogP contribution in [0.1, 0.15) is 17.7 Å². The molecule has 2 rings (SSSR count). The molecular formula is C13H19ClO4S2. The lowest BCUT2D eigenvalue weighted by molar-refractivity contribution is -0.0271. The molecule has 0 radical (unpaired) electrons. The first kappa shape index (κ1) is 16.2. The van der Waals surface area contributed by atoms with Gasteiger partial charge in [0, 0.05) is 40.6 Å². The minimum Gasteiger partial charge on any atom is -0.381 e. The van der Waals surface area contributed by atoms with Gasteiger partial charge in [-0.15, -0.1) is 11.3 Å². The number of thiophene rings is 1. The van der Waals surface area contributed by atoms with Gasteiger partial charge in [-0.1, -0.05) is 6.07 Å². The van der Waals surface area contributed by atoms with Crippen LogP contribution in [0, 0.1) is 5.41 Å². The Morgan fingerprint density at radius 3 is 2.75 bits per heavy atom. The van der Waals surface area contributed by atoms with Gasteiger partial charge in [0.15, 0.2) is 0 Å². The highest BCUT2D eigenvalue weighted by molar-refractivity contribution is 8.13. The number of ether oxygens (including phenoxy) is 2. The molecule has 0 unspecified atom stereocenters. The number of halogens is 1. The van der Waals surface area contributed by atoms with Gasteiger partial charge >= 0.3 is 0 Å². The predicted molar refractivity (Wildman–Crippen MR) is 81.0 cm³/mol. The molecule has 1 aliphatic rings. The molecule has 1 fully saturated rings. The Kier molecular flexibility index (Phi) is 5.86. The van der Waals surface area contributed by atoms with Crippen LogP contribution in [0.2, 0.25) is 0 Å². The van der Waals surface area contributed by atoms with Crippen molar-refractivity contribution in [1.82, 2.24) is 0 Å². The zero-order valence-corrected chi connectivity index (χ0v) is 13.6. The number of rotatable bonds is 7. The van der Waals surface area contributed by atoms with E-state index in [1.54, 1.807) is 11.3 Å². The third-order valence-corrected chi connectivity index (χ3v) is 5.73. The van der Waals surface area contributed by atoms with Gasteiger partial charge in [-0.2, -0.15) is 0 Å². The summed E-state index contributed by atoms with van der Waals surface area (Å²) >= 11 is 1.70. The molecule has 1 saturated heterocycles. The summed E-state index contributed by atoms with van der Waals surface area (Å²) in [6.07, 6.45) is 2.22. The van der Waals surface area contributed by atoms with Crippen molar-refractivity contribution < 1.29 is 17.9 Å². The van der Waals surface area contributed by atoms with Crippen molar-refractivity contribution in [3.8, 4) is 0 Å². The fourth-order valence-corrected chi connectivity index (χ4v) is 4.90. The minimum atomic E-state index is -3.52. The Hall–Kier alpha value is -0.140. The van der Waals surface area contributed by atoms with Crippen molar-refractivity contribution >= 4 is 31.1 Å². The van der Waals surface area contributed by atoms with Crippen LogP contribution in [0.25, 0.3) is 0 Å². The summed E-state index contributed by atoms with van der Waals surface area (Å²) in [5.41, 5.74) is -0.395. The Balaban J connectivity index is 1.84. The molecule has 0 N–H and O–H groups in total. The highest BCUT2D eigenvalue weighted by Crippen LogP contribution is 2.33. The van der Waals surface area contributed by atoms with E-state index in [2.05, 4.69) is 6.07 Å². The van der Waals surface area contributed by atoms with Crippen molar-refractivity contribution in [3.05, 3.63) is 22.4 Å². The topological polar surface area (TPSA) is 52.6 Å². The van der Waals surface area contributed by atoms with Gasteiger partial charge in [-0.05, 0) is 24.3 Å². The molecule has 1 aliphatic heterocycles. The molecule has 114 valence electrons. The lowest BCUT2D eigenvalue weighted by Crippen LogP contribution is -2.39. The zero-order valence-electron chi connectivity index (χ0n) is 11.2. The molecule has 1 aromatic heterocycles. The largest absolute Gasteiger partial charge is 0.381 e. The molecule has 0 amide bonds. The quantitative estimate of drug-likeness (QED) is 0.566. The first-order valence-electron chi connectivity index (χ1n) is 6.59. The summed E-state index contributed by atoms with van der Waals surface area (Å²) in [4.78, 5) is 1.27. The Labute approximate surface area is 128 Å². The maximum absolute atomic E-state index is 11.4. The molecule has 0 aliphatic carbocycles. The second kappa shape index (κ2) is 7.22. The number of hydrogen-bond donors (Lipinski definition) is 0. The first-order chi connectivity index (χ1) is 9.49. The second-order valence-electron chi connectivity index (χ2n) is 5.18. The van der Waals surface area contributed by atoms with Crippen LogP contribution in [-0.4, -0.2) is 40.6 Å². The minimum absolute atomic E-state index is 0.0378. The third-order valence-electron chi connectivity index (χ3n) is 3.51. The summed E-state index contributed by atoms with van der Waals surface area (Å²) in [6.45, 7) is 2.17. The van der Waals surface area contributed by atoms with Crippen molar-refractivity contribution in [2.45, 2.75) is 19.3 Å². The number of hydrogen-bond acceptors (Lipinski definition) is 5. The molecule has 0 aromatic carbocycles. The summed E-state index contributed by atoms with van der Waals surface area (Å²) < 4.78 is 33.8. The summed E-state index contributed by atoms with van der Waals surface area (Å²) in [7, 11) is 1.90. The monoisotopic (exact) mass is 338 g/mol. The van der Waals surface area contributed by atoms with Crippen LogP contribution in [0.5, 0.6) is 0 Å². The summed E-state index contributed by atoms with van der Waals surface area (Å²) in [5, 5.41) is 2.04. The molecular weight excluding hydrogens is 320 g/mol. The van der Waals surface area contributed by atoms with Crippen LogP contribution >= 0.6 is 22.0 Å². The first-order valence-corrected chi connectivity index (χ1v) is 9.95. The van der Waals surface area contributed by atoms with E-state index in [-0.39, 0.29) is 5.75 Å². The lowest BCUT2D eigenvalue weighted by Gasteiger charge is -2.35. The molecule has 20 heavy (non-hydrogen) atoms. The molecule has 0 saturated carbocycles. The van der Waals surface area contributed by atoms with Gasteiger partial charge in [0.25, 0.3) is 0 Å². The van der Waals surface area contributed by atoms with E-state index in [9.17, 15) is 8.42 Å². The van der Waals surface area contributed by atoms with Crippen molar-refractivity contribution in [2.75, 3.05) is 32.2 Å². The smallest absolute Gasteiger partial charge is 0.233 e. The molecule has 0 bridgehead atoms. The molecule has 0 atom stereocenters. The highest BCUT2D eigenvalue weighted by atomic mass is 35.7. The Bertz CT molecular complexity index is 492. The normalized spacial score (nSPS) is 19.1.